The summed E-state index contributed by atoms with van der Waals surface area (Å²) in [5.74, 6) is -0.0842. The van der Waals surface area contributed by atoms with Crippen LogP contribution in [0.3, 0.4) is 0 Å². The number of aliphatic imine (C=N–C) groups is 1. The molecule has 0 amide bonds. The van der Waals surface area contributed by atoms with Gasteiger partial charge in [-0.3, -0.25) is 4.99 Å². The monoisotopic (exact) mass is 262 g/mol. The highest BCUT2D eigenvalue weighted by atomic mass is 16.5. The highest BCUT2D eigenvalue weighted by Gasteiger charge is 2.14. The minimum atomic E-state index is -0.953. The fourth-order valence-corrected chi connectivity index (χ4v) is 1.88. The second-order valence-electron chi connectivity index (χ2n) is 4.46. The maximum atomic E-state index is 10.7. The molecule has 1 atom stereocenters. The first-order valence-corrected chi connectivity index (χ1v) is 6.39. The van der Waals surface area contributed by atoms with Gasteiger partial charge in [0.05, 0.1) is 6.61 Å². The molecule has 0 spiro atoms. The topological polar surface area (TPSA) is 70.9 Å². The predicted octanol–water partition coefficient (Wildman–Crippen LogP) is 1.42. The minimum Gasteiger partial charge on any atom is -0.479 e. The van der Waals surface area contributed by atoms with Gasteiger partial charge in [-0.25, -0.2) is 4.79 Å². The number of amidine groups is 1. The van der Waals surface area contributed by atoms with E-state index in [1.165, 1.54) is 6.92 Å². The van der Waals surface area contributed by atoms with Crippen molar-refractivity contribution in [2.45, 2.75) is 26.1 Å². The van der Waals surface area contributed by atoms with E-state index in [0.717, 1.165) is 36.5 Å². The lowest BCUT2D eigenvalue weighted by Crippen LogP contribution is -2.31. The van der Waals surface area contributed by atoms with E-state index < -0.39 is 12.1 Å². The molecule has 1 aliphatic heterocycles. The normalized spacial score (nSPS) is 16.4. The molecule has 1 aromatic carbocycles. The van der Waals surface area contributed by atoms with Crippen molar-refractivity contribution in [3.05, 3.63) is 35.4 Å². The Morgan fingerprint density at radius 1 is 1.53 bits per heavy atom. The number of ether oxygens (including phenoxy) is 1. The van der Waals surface area contributed by atoms with E-state index in [1.54, 1.807) is 0 Å². The lowest BCUT2D eigenvalue weighted by atomic mass is 10.1. The van der Waals surface area contributed by atoms with Crippen LogP contribution in [-0.2, 0) is 16.1 Å². The lowest BCUT2D eigenvalue weighted by molar-refractivity contribution is -0.149. The molecule has 0 saturated carbocycles. The first-order valence-electron chi connectivity index (χ1n) is 6.39. The summed E-state index contributed by atoms with van der Waals surface area (Å²) in [6.45, 7) is 3.54. The number of carbonyl (C=O) groups is 1. The molecule has 2 N–H and O–H groups in total. The molecule has 0 saturated heterocycles. The second kappa shape index (κ2) is 6.33. The molecule has 5 heteroatoms. The smallest absolute Gasteiger partial charge is 0.332 e. The number of carboxylic acids is 1. The van der Waals surface area contributed by atoms with Crippen LogP contribution in [0.15, 0.2) is 29.3 Å². The molecule has 0 aliphatic carbocycles. The van der Waals surface area contributed by atoms with Crippen molar-refractivity contribution in [2.24, 2.45) is 4.99 Å². The number of hydrogen-bond acceptors (Lipinski definition) is 4. The molecule has 1 heterocycles. The van der Waals surface area contributed by atoms with E-state index in [2.05, 4.69) is 10.3 Å². The third-order valence-electron chi connectivity index (χ3n) is 3.01. The zero-order valence-electron chi connectivity index (χ0n) is 10.9. The van der Waals surface area contributed by atoms with Crippen LogP contribution in [0.1, 0.15) is 24.5 Å². The van der Waals surface area contributed by atoms with Gasteiger partial charge in [0.1, 0.15) is 5.84 Å². The van der Waals surface area contributed by atoms with Crippen molar-refractivity contribution >= 4 is 11.8 Å². The van der Waals surface area contributed by atoms with E-state index in [-0.39, 0.29) is 6.61 Å². The number of rotatable bonds is 5. The summed E-state index contributed by atoms with van der Waals surface area (Å²) < 4.78 is 5.34. The Hall–Kier alpha value is -1.88. The van der Waals surface area contributed by atoms with Gasteiger partial charge in [0.15, 0.2) is 6.10 Å². The Labute approximate surface area is 112 Å². The van der Waals surface area contributed by atoms with Gasteiger partial charge in [0.25, 0.3) is 0 Å². The number of carboxylic acid groups (broad SMARTS) is 1. The molecule has 0 aromatic heterocycles. The molecule has 0 bridgehead atoms. The van der Waals surface area contributed by atoms with Gasteiger partial charge in [-0.1, -0.05) is 24.3 Å². The lowest BCUT2D eigenvalue weighted by Gasteiger charge is -2.18. The van der Waals surface area contributed by atoms with Crippen LogP contribution >= 0.6 is 0 Å². The van der Waals surface area contributed by atoms with Crippen molar-refractivity contribution in [1.82, 2.24) is 5.32 Å². The Balaban J connectivity index is 2.12. The maximum Gasteiger partial charge on any atom is 0.332 e. The zero-order chi connectivity index (χ0) is 13.7. The van der Waals surface area contributed by atoms with Crippen molar-refractivity contribution in [3.8, 4) is 0 Å². The summed E-state index contributed by atoms with van der Waals surface area (Å²) in [7, 11) is 0. The third-order valence-corrected chi connectivity index (χ3v) is 3.01. The average Bonchev–Trinajstić information content (AvgIpc) is 2.46. The first kappa shape index (κ1) is 13.5. The second-order valence-corrected chi connectivity index (χ2v) is 4.46. The van der Waals surface area contributed by atoms with E-state index in [1.807, 2.05) is 24.3 Å². The summed E-state index contributed by atoms with van der Waals surface area (Å²) in [5, 5.41) is 12.1. The maximum absolute atomic E-state index is 10.7. The Bertz CT molecular complexity index is 485. The molecular weight excluding hydrogens is 244 g/mol. The van der Waals surface area contributed by atoms with Crippen LogP contribution in [0.5, 0.6) is 0 Å². The molecule has 1 aromatic rings. The Kier molecular flexibility index (Phi) is 4.52. The molecule has 1 aliphatic rings. The van der Waals surface area contributed by atoms with Crippen LogP contribution in [0, 0.1) is 0 Å². The predicted molar refractivity (Wildman–Crippen MR) is 72.4 cm³/mol. The fourth-order valence-electron chi connectivity index (χ4n) is 1.88. The molecule has 102 valence electrons. The van der Waals surface area contributed by atoms with Gasteiger partial charge in [-0.2, -0.15) is 0 Å². The summed E-state index contributed by atoms with van der Waals surface area (Å²) in [6, 6.07) is 7.76. The number of hydrogen-bond donors (Lipinski definition) is 2. The molecule has 5 nitrogen and oxygen atoms in total. The molecule has 19 heavy (non-hydrogen) atoms. The van der Waals surface area contributed by atoms with Crippen LogP contribution in [-0.4, -0.2) is 36.1 Å². The Morgan fingerprint density at radius 2 is 2.32 bits per heavy atom. The van der Waals surface area contributed by atoms with Crippen molar-refractivity contribution in [3.63, 3.8) is 0 Å². The molecular formula is C14H18N2O3. The van der Waals surface area contributed by atoms with Gasteiger partial charge >= 0.3 is 5.97 Å². The standard InChI is InChI=1S/C14H18N2O3/c1-10(14(17)18)19-9-11-5-2-3-6-12(11)13-15-7-4-8-16-13/h2-3,5-6,10H,4,7-9H2,1H3,(H,15,16)(H,17,18). The number of nitrogens with zero attached hydrogens (tertiary/aromatic N) is 1. The summed E-state index contributed by atoms with van der Waals surface area (Å²) >= 11 is 0. The number of aliphatic carboxylic acids is 1. The fraction of sp³-hybridized carbons (Fsp3) is 0.429. The highest BCUT2D eigenvalue weighted by Crippen LogP contribution is 2.13. The van der Waals surface area contributed by atoms with Crippen LogP contribution in [0.4, 0.5) is 0 Å². The summed E-state index contributed by atoms with van der Waals surface area (Å²) in [4.78, 5) is 15.2. The molecule has 0 radical (unpaired) electrons. The van der Waals surface area contributed by atoms with Crippen molar-refractivity contribution < 1.29 is 14.6 Å². The number of nitrogens with one attached hydrogen (secondary N) is 1. The molecule has 2 rings (SSSR count). The highest BCUT2D eigenvalue weighted by molar-refractivity contribution is 6.00. The summed E-state index contributed by atoms with van der Waals surface area (Å²) in [5.41, 5.74) is 1.93. The van der Waals surface area contributed by atoms with Gasteiger partial charge in [-0.15, -0.1) is 0 Å². The van der Waals surface area contributed by atoms with Gasteiger partial charge in [0.2, 0.25) is 0 Å². The van der Waals surface area contributed by atoms with Crippen LogP contribution < -0.4 is 5.32 Å². The summed E-state index contributed by atoms with van der Waals surface area (Å²) in [6.07, 6.45) is 0.229. The van der Waals surface area contributed by atoms with Crippen molar-refractivity contribution in [2.75, 3.05) is 13.1 Å². The number of benzene rings is 1. The van der Waals surface area contributed by atoms with Gasteiger partial charge in [0, 0.05) is 18.7 Å². The van der Waals surface area contributed by atoms with E-state index in [9.17, 15) is 4.79 Å². The average molecular weight is 262 g/mol. The SMILES string of the molecule is CC(OCc1ccccc1C1=NCCCN1)C(=O)O. The molecule has 1 unspecified atom stereocenters. The van der Waals surface area contributed by atoms with Gasteiger partial charge in [-0.05, 0) is 18.9 Å². The van der Waals surface area contributed by atoms with E-state index >= 15 is 0 Å². The van der Waals surface area contributed by atoms with Crippen LogP contribution in [0.25, 0.3) is 0 Å². The van der Waals surface area contributed by atoms with Crippen molar-refractivity contribution in [1.29, 1.82) is 0 Å². The Morgan fingerprint density at radius 3 is 3.00 bits per heavy atom. The minimum absolute atomic E-state index is 0.268. The molecule has 0 fully saturated rings. The van der Waals surface area contributed by atoms with E-state index in [0.29, 0.717) is 0 Å². The zero-order valence-corrected chi connectivity index (χ0v) is 10.9. The quantitative estimate of drug-likeness (QED) is 0.841. The van der Waals surface area contributed by atoms with E-state index in [4.69, 9.17) is 9.84 Å². The van der Waals surface area contributed by atoms with Crippen LogP contribution in [0.2, 0.25) is 0 Å². The van der Waals surface area contributed by atoms with Gasteiger partial charge < -0.3 is 15.2 Å². The third kappa shape index (κ3) is 3.54. The first-order chi connectivity index (χ1) is 9.18. The largest absolute Gasteiger partial charge is 0.479 e.